The van der Waals surface area contributed by atoms with Gasteiger partial charge in [-0.15, -0.1) is 0 Å². The van der Waals surface area contributed by atoms with E-state index in [0.29, 0.717) is 12.5 Å². The summed E-state index contributed by atoms with van der Waals surface area (Å²) in [4.78, 5) is 19.6. The summed E-state index contributed by atoms with van der Waals surface area (Å²) in [5, 5.41) is 3.05. The van der Waals surface area contributed by atoms with Crippen LogP contribution < -0.4 is 5.32 Å². The van der Waals surface area contributed by atoms with Crippen LogP contribution >= 0.6 is 0 Å². The van der Waals surface area contributed by atoms with E-state index in [-0.39, 0.29) is 11.8 Å². The Morgan fingerprint density at radius 1 is 1.33 bits per heavy atom. The topological polar surface area (TPSA) is 57.8 Å². The lowest BCUT2D eigenvalue weighted by Crippen LogP contribution is -2.34. The lowest BCUT2D eigenvalue weighted by Gasteiger charge is -2.22. The number of nitrogens with one attached hydrogen (secondary N) is 2. The molecule has 2 rings (SSSR count). The molecule has 1 heterocycles. The molecule has 1 aromatic heterocycles. The summed E-state index contributed by atoms with van der Waals surface area (Å²) in [6.45, 7) is 4.88. The Labute approximate surface area is 126 Å². The first kappa shape index (κ1) is 15.3. The van der Waals surface area contributed by atoms with Gasteiger partial charge in [0.25, 0.3) is 0 Å². The van der Waals surface area contributed by atoms with Crippen LogP contribution in [0.15, 0.2) is 42.9 Å². The smallest absolute Gasteiger partial charge is 0.227 e. The summed E-state index contributed by atoms with van der Waals surface area (Å²) >= 11 is 0. The first-order chi connectivity index (χ1) is 10.2. The standard InChI is InChI=1S/C17H23N3O/c1-3-13(2)16(14-7-5-4-6-8-14)17(21)19-10-9-15-11-18-12-20-15/h4-8,11-13,16H,3,9-10H2,1-2H3,(H,18,20)(H,19,21). The fourth-order valence-corrected chi connectivity index (χ4v) is 2.49. The predicted octanol–water partition coefficient (Wildman–Crippen LogP) is 2.90. The molecule has 2 aromatic rings. The molecular formula is C17H23N3O. The molecule has 1 amide bonds. The molecule has 4 nitrogen and oxygen atoms in total. The third-order valence-electron chi connectivity index (χ3n) is 3.90. The fraction of sp³-hybridized carbons (Fsp3) is 0.412. The van der Waals surface area contributed by atoms with E-state index in [4.69, 9.17) is 0 Å². The number of hydrogen-bond donors (Lipinski definition) is 2. The van der Waals surface area contributed by atoms with Crippen LogP contribution in [0.3, 0.4) is 0 Å². The molecule has 0 fully saturated rings. The van der Waals surface area contributed by atoms with Gasteiger partial charge in [0.2, 0.25) is 5.91 Å². The second kappa shape index (κ2) is 7.62. The number of rotatable bonds is 7. The average molecular weight is 285 g/mol. The minimum Gasteiger partial charge on any atom is -0.355 e. The van der Waals surface area contributed by atoms with Crippen molar-refractivity contribution in [3.05, 3.63) is 54.1 Å². The Bertz CT molecular complexity index is 536. The van der Waals surface area contributed by atoms with Crippen molar-refractivity contribution >= 4 is 5.91 Å². The molecule has 112 valence electrons. The third-order valence-corrected chi connectivity index (χ3v) is 3.90. The SMILES string of the molecule is CCC(C)C(C(=O)NCCc1cnc[nH]1)c1ccccc1. The van der Waals surface area contributed by atoms with Gasteiger partial charge in [0.15, 0.2) is 0 Å². The zero-order valence-corrected chi connectivity index (χ0v) is 12.7. The Morgan fingerprint density at radius 3 is 2.71 bits per heavy atom. The highest BCUT2D eigenvalue weighted by Crippen LogP contribution is 2.27. The fourth-order valence-electron chi connectivity index (χ4n) is 2.49. The molecule has 0 aliphatic rings. The first-order valence-electron chi connectivity index (χ1n) is 7.52. The number of H-pyrrole nitrogens is 1. The Hall–Kier alpha value is -2.10. The number of carbonyl (C=O) groups excluding carboxylic acids is 1. The normalized spacial score (nSPS) is 13.6. The van der Waals surface area contributed by atoms with Crippen molar-refractivity contribution in [3.63, 3.8) is 0 Å². The van der Waals surface area contributed by atoms with Gasteiger partial charge in [-0.25, -0.2) is 4.98 Å². The van der Waals surface area contributed by atoms with Crippen molar-refractivity contribution in [2.24, 2.45) is 5.92 Å². The maximum atomic E-state index is 12.5. The minimum atomic E-state index is -0.0852. The van der Waals surface area contributed by atoms with Crippen LogP contribution in [0, 0.1) is 5.92 Å². The molecule has 1 aromatic carbocycles. The van der Waals surface area contributed by atoms with Crippen LogP contribution in [0.1, 0.15) is 37.4 Å². The number of aromatic nitrogens is 2. The summed E-state index contributed by atoms with van der Waals surface area (Å²) in [7, 11) is 0. The quantitative estimate of drug-likeness (QED) is 0.822. The third kappa shape index (κ3) is 4.18. The zero-order valence-electron chi connectivity index (χ0n) is 12.7. The zero-order chi connectivity index (χ0) is 15.1. The van der Waals surface area contributed by atoms with Crippen LogP contribution in [0.5, 0.6) is 0 Å². The van der Waals surface area contributed by atoms with E-state index in [1.54, 1.807) is 12.5 Å². The molecule has 0 spiro atoms. The summed E-state index contributed by atoms with van der Waals surface area (Å²) < 4.78 is 0. The van der Waals surface area contributed by atoms with Crippen molar-refractivity contribution < 1.29 is 4.79 Å². The summed E-state index contributed by atoms with van der Waals surface area (Å²) in [5.41, 5.74) is 2.13. The van der Waals surface area contributed by atoms with E-state index in [1.165, 1.54) is 0 Å². The lowest BCUT2D eigenvalue weighted by atomic mass is 9.85. The predicted molar refractivity (Wildman–Crippen MR) is 83.9 cm³/mol. The monoisotopic (exact) mass is 285 g/mol. The average Bonchev–Trinajstić information content (AvgIpc) is 3.01. The number of carbonyl (C=O) groups is 1. The Kier molecular flexibility index (Phi) is 5.55. The van der Waals surface area contributed by atoms with Crippen molar-refractivity contribution in [1.29, 1.82) is 0 Å². The molecule has 21 heavy (non-hydrogen) atoms. The Morgan fingerprint density at radius 2 is 2.10 bits per heavy atom. The number of imidazole rings is 1. The van der Waals surface area contributed by atoms with E-state index < -0.39 is 0 Å². The van der Waals surface area contributed by atoms with E-state index >= 15 is 0 Å². The number of hydrogen-bond acceptors (Lipinski definition) is 2. The van der Waals surface area contributed by atoms with E-state index in [2.05, 4.69) is 29.1 Å². The largest absolute Gasteiger partial charge is 0.355 e. The highest BCUT2D eigenvalue weighted by atomic mass is 16.1. The molecule has 0 aliphatic heterocycles. The van der Waals surface area contributed by atoms with Gasteiger partial charge >= 0.3 is 0 Å². The van der Waals surface area contributed by atoms with Crippen LogP contribution in [-0.4, -0.2) is 22.4 Å². The van der Waals surface area contributed by atoms with Crippen LogP contribution in [0.25, 0.3) is 0 Å². The molecule has 2 unspecified atom stereocenters. The number of amides is 1. The van der Waals surface area contributed by atoms with Gasteiger partial charge in [-0.05, 0) is 11.5 Å². The molecule has 2 N–H and O–H groups in total. The Balaban J connectivity index is 1.98. The van der Waals surface area contributed by atoms with E-state index in [1.807, 2.05) is 30.3 Å². The molecule has 0 saturated heterocycles. The van der Waals surface area contributed by atoms with Gasteiger partial charge in [-0.2, -0.15) is 0 Å². The van der Waals surface area contributed by atoms with Crippen molar-refractivity contribution in [2.45, 2.75) is 32.6 Å². The maximum absolute atomic E-state index is 12.5. The van der Waals surface area contributed by atoms with Gasteiger partial charge in [0.1, 0.15) is 0 Å². The van der Waals surface area contributed by atoms with Crippen LogP contribution in [0.4, 0.5) is 0 Å². The van der Waals surface area contributed by atoms with Gasteiger partial charge in [0.05, 0.1) is 12.2 Å². The second-order valence-electron chi connectivity index (χ2n) is 5.39. The highest BCUT2D eigenvalue weighted by Gasteiger charge is 2.25. The molecule has 0 aliphatic carbocycles. The summed E-state index contributed by atoms with van der Waals surface area (Å²) in [6.07, 6.45) is 5.19. The second-order valence-corrected chi connectivity index (χ2v) is 5.39. The molecule has 0 radical (unpaired) electrons. The number of benzene rings is 1. The molecule has 0 saturated carbocycles. The molecule has 4 heteroatoms. The number of nitrogens with zero attached hydrogens (tertiary/aromatic N) is 1. The van der Waals surface area contributed by atoms with Gasteiger partial charge in [-0.3, -0.25) is 4.79 Å². The summed E-state index contributed by atoms with van der Waals surface area (Å²) in [5.74, 6) is 0.340. The van der Waals surface area contributed by atoms with Gasteiger partial charge in [0, 0.05) is 24.9 Å². The van der Waals surface area contributed by atoms with E-state index in [9.17, 15) is 4.79 Å². The van der Waals surface area contributed by atoms with E-state index in [0.717, 1.165) is 24.1 Å². The van der Waals surface area contributed by atoms with Crippen molar-refractivity contribution in [1.82, 2.24) is 15.3 Å². The van der Waals surface area contributed by atoms with Gasteiger partial charge in [-0.1, -0.05) is 50.6 Å². The lowest BCUT2D eigenvalue weighted by molar-refractivity contribution is -0.123. The highest BCUT2D eigenvalue weighted by molar-refractivity contribution is 5.83. The first-order valence-corrected chi connectivity index (χ1v) is 7.52. The number of aromatic amines is 1. The van der Waals surface area contributed by atoms with Crippen LogP contribution in [0.2, 0.25) is 0 Å². The molecule has 0 bridgehead atoms. The molecule has 2 atom stereocenters. The van der Waals surface area contributed by atoms with Crippen molar-refractivity contribution in [2.75, 3.05) is 6.54 Å². The van der Waals surface area contributed by atoms with Crippen LogP contribution in [-0.2, 0) is 11.2 Å². The van der Waals surface area contributed by atoms with Gasteiger partial charge < -0.3 is 10.3 Å². The summed E-state index contributed by atoms with van der Waals surface area (Å²) in [6, 6.07) is 10.0. The maximum Gasteiger partial charge on any atom is 0.227 e. The molecular weight excluding hydrogens is 262 g/mol. The van der Waals surface area contributed by atoms with Crippen molar-refractivity contribution in [3.8, 4) is 0 Å². The minimum absolute atomic E-state index is 0.0852.